The number of hydrogen-bond acceptors (Lipinski definition) is 4. The maximum absolute atomic E-state index is 10.3. The standard InChI is InChI=1S/C17H25N5O2/c1-4-18-17(19-11-14-8-9-21-22(14)2)20-12-16(23)13-6-5-7-15(10-13)24-3/h5-10,16,23H,4,11-12H2,1-3H3,(H2,18,19,20). The van der Waals surface area contributed by atoms with E-state index in [4.69, 9.17) is 4.74 Å². The number of ether oxygens (including phenoxy) is 1. The minimum Gasteiger partial charge on any atom is -0.497 e. The van der Waals surface area contributed by atoms with Gasteiger partial charge in [0.1, 0.15) is 5.75 Å². The molecule has 0 spiro atoms. The van der Waals surface area contributed by atoms with Crippen LogP contribution in [0.15, 0.2) is 41.5 Å². The first kappa shape index (κ1) is 17.8. The topological polar surface area (TPSA) is 83.7 Å². The number of rotatable bonds is 7. The summed E-state index contributed by atoms with van der Waals surface area (Å²) in [6.07, 6.45) is 1.10. The van der Waals surface area contributed by atoms with E-state index in [-0.39, 0.29) is 0 Å². The highest BCUT2D eigenvalue weighted by Crippen LogP contribution is 2.18. The fraction of sp³-hybridized carbons (Fsp3) is 0.412. The van der Waals surface area contributed by atoms with Crippen LogP contribution in [0.2, 0.25) is 0 Å². The summed E-state index contributed by atoms with van der Waals surface area (Å²) in [6, 6.07) is 9.33. The molecule has 1 aromatic heterocycles. The quantitative estimate of drug-likeness (QED) is 0.525. The Morgan fingerprint density at radius 2 is 2.21 bits per heavy atom. The molecule has 0 saturated heterocycles. The number of aryl methyl sites for hydroxylation is 1. The van der Waals surface area contributed by atoms with Gasteiger partial charge >= 0.3 is 0 Å². The van der Waals surface area contributed by atoms with E-state index in [1.54, 1.807) is 18.0 Å². The number of aliphatic imine (C=N–C) groups is 1. The number of nitrogens with one attached hydrogen (secondary N) is 2. The maximum atomic E-state index is 10.3. The summed E-state index contributed by atoms with van der Waals surface area (Å²) >= 11 is 0. The van der Waals surface area contributed by atoms with Gasteiger partial charge in [0.05, 0.1) is 25.5 Å². The molecule has 7 nitrogen and oxygen atoms in total. The number of methoxy groups -OCH3 is 1. The summed E-state index contributed by atoms with van der Waals surface area (Å²) in [7, 11) is 3.50. The fourth-order valence-corrected chi connectivity index (χ4v) is 2.22. The van der Waals surface area contributed by atoms with E-state index in [0.29, 0.717) is 19.0 Å². The van der Waals surface area contributed by atoms with E-state index in [0.717, 1.165) is 23.6 Å². The van der Waals surface area contributed by atoms with Gasteiger partial charge in [-0.3, -0.25) is 4.68 Å². The molecule has 0 saturated carbocycles. The van der Waals surface area contributed by atoms with Crippen molar-refractivity contribution >= 4 is 5.96 Å². The number of benzene rings is 1. The lowest BCUT2D eigenvalue weighted by atomic mass is 10.1. The third-order valence-electron chi connectivity index (χ3n) is 3.61. The first-order valence-corrected chi connectivity index (χ1v) is 7.95. The van der Waals surface area contributed by atoms with Gasteiger partial charge in [0.25, 0.3) is 0 Å². The number of aromatic nitrogens is 2. The Morgan fingerprint density at radius 3 is 2.88 bits per heavy atom. The predicted octanol–water partition coefficient (Wildman–Crippen LogP) is 1.22. The fourth-order valence-electron chi connectivity index (χ4n) is 2.22. The highest BCUT2D eigenvalue weighted by Gasteiger charge is 2.09. The summed E-state index contributed by atoms with van der Waals surface area (Å²) < 4.78 is 6.97. The third-order valence-corrected chi connectivity index (χ3v) is 3.61. The van der Waals surface area contributed by atoms with Crippen LogP contribution in [0.1, 0.15) is 24.3 Å². The second kappa shape index (κ2) is 8.93. The zero-order chi connectivity index (χ0) is 17.4. The van der Waals surface area contributed by atoms with Crippen LogP contribution in [0.4, 0.5) is 0 Å². The summed E-state index contributed by atoms with van der Waals surface area (Å²) in [5.74, 6) is 1.38. The van der Waals surface area contributed by atoms with E-state index in [1.165, 1.54) is 0 Å². The van der Waals surface area contributed by atoms with E-state index in [9.17, 15) is 5.11 Å². The van der Waals surface area contributed by atoms with Crippen LogP contribution in [0, 0.1) is 0 Å². The van der Waals surface area contributed by atoms with Crippen LogP contribution in [0.3, 0.4) is 0 Å². The first-order valence-electron chi connectivity index (χ1n) is 7.95. The van der Waals surface area contributed by atoms with E-state index < -0.39 is 6.10 Å². The molecule has 0 aliphatic heterocycles. The number of aliphatic hydroxyl groups excluding tert-OH is 1. The lowest BCUT2D eigenvalue weighted by molar-refractivity contribution is 0.180. The molecule has 1 atom stereocenters. The van der Waals surface area contributed by atoms with Gasteiger partial charge in [0.2, 0.25) is 0 Å². The molecule has 1 unspecified atom stereocenters. The minimum absolute atomic E-state index is 0.352. The normalized spacial score (nSPS) is 12.8. The Bertz CT molecular complexity index is 669. The molecule has 0 aliphatic carbocycles. The van der Waals surface area contributed by atoms with Crippen molar-refractivity contribution in [3.05, 3.63) is 47.8 Å². The van der Waals surface area contributed by atoms with Crippen LogP contribution < -0.4 is 15.4 Å². The summed E-state index contributed by atoms with van der Waals surface area (Å²) in [5.41, 5.74) is 1.81. The van der Waals surface area contributed by atoms with Gasteiger partial charge in [-0.15, -0.1) is 0 Å². The molecule has 3 N–H and O–H groups in total. The molecule has 1 heterocycles. The lowest BCUT2D eigenvalue weighted by Crippen LogP contribution is -2.39. The third kappa shape index (κ3) is 4.99. The van der Waals surface area contributed by atoms with E-state index in [2.05, 4.69) is 20.7 Å². The minimum atomic E-state index is -0.652. The van der Waals surface area contributed by atoms with Gasteiger partial charge in [0.15, 0.2) is 5.96 Å². The first-order chi connectivity index (χ1) is 11.6. The molecule has 0 bridgehead atoms. The van der Waals surface area contributed by atoms with Crippen molar-refractivity contribution in [2.45, 2.75) is 19.6 Å². The second-order valence-corrected chi connectivity index (χ2v) is 5.31. The predicted molar refractivity (Wildman–Crippen MR) is 94.0 cm³/mol. The summed E-state index contributed by atoms with van der Waals surface area (Å²) in [5, 5.41) is 20.8. The molecule has 2 rings (SSSR count). The van der Waals surface area contributed by atoms with Crippen molar-refractivity contribution in [3.8, 4) is 5.75 Å². The van der Waals surface area contributed by atoms with Crippen molar-refractivity contribution in [1.82, 2.24) is 20.4 Å². The number of hydrogen-bond donors (Lipinski definition) is 3. The molecule has 130 valence electrons. The SMILES string of the molecule is CCNC(=NCc1ccnn1C)NCC(O)c1cccc(OC)c1. The summed E-state index contributed by atoms with van der Waals surface area (Å²) in [4.78, 5) is 4.51. The highest BCUT2D eigenvalue weighted by atomic mass is 16.5. The Hall–Kier alpha value is -2.54. The van der Waals surface area contributed by atoms with Gasteiger partial charge in [0, 0.05) is 26.3 Å². The van der Waals surface area contributed by atoms with E-state index >= 15 is 0 Å². The van der Waals surface area contributed by atoms with Gasteiger partial charge in [-0.2, -0.15) is 5.10 Å². The zero-order valence-electron chi connectivity index (χ0n) is 14.4. The largest absolute Gasteiger partial charge is 0.497 e. The molecular weight excluding hydrogens is 306 g/mol. The average molecular weight is 331 g/mol. The lowest BCUT2D eigenvalue weighted by Gasteiger charge is -2.16. The molecule has 1 aromatic carbocycles. The Balaban J connectivity index is 1.96. The van der Waals surface area contributed by atoms with Crippen molar-refractivity contribution in [2.24, 2.45) is 12.0 Å². The molecule has 0 aliphatic rings. The molecule has 7 heteroatoms. The van der Waals surface area contributed by atoms with Gasteiger partial charge < -0.3 is 20.5 Å². The van der Waals surface area contributed by atoms with Crippen molar-refractivity contribution in [3.63, 3.8) is 0 Å². The molecule has 24 heavy (non-hydrogen) atoms. The molecule has 0 amide bonds. The van der Waals surface area contributed by atoms with Crippen LogP contribution in [-0.4, -0.2) is 41.0 Å². The second-order valence-electron chi connectivity index (χ2n) is 5.31. The van der Waals surface area contributed by atoms with Crippen LogP contribution in [0.25, 0.3) is 0 Å². The van der Waals surface area contributed by atoms with Crippen LogP contribution in [0.5, 0.6) is 5.75 Å². The maximum Gasteiger partial charge on any atom is 0.191 e. The summed E-state index contributed by atoms with van der Waals surface area (Å²) in [6.45, 7) is 3.61. The monoisotopic (exact) mass is 331 g/mol. The molecule has 0 fully saturated rings. The smallest absolute Gasteiger partial charge is 0.191 e. The number of nitrogens with zero attached hydrogens (tertiary/aromatic N) is 3. The van der Waals surface area contributed by atoms with E-state index in [1.807, 2.05) is 44.3 Å². The van der Waals surface area contributed by atoms with Gasteiger partial charge in [-0.05, 0) is 30.7 Å². The average Bonchev–Trinajstić information content (AvgIpc) is 3.02. The highest BCUT2D eigenvalue weighted by molar-refractivity contribution is 5.79. The van der Waals surface area contributed by atoms with Crippen molar-refractivity contribution in [2.75, 3.05) is 20.2 Å². The Labute approximate surface area is 142 Å². The van der Waals surface area contributed by atoms with Crippen LogP contribution >= 0.6 is 0 Å². The Kier molecular flexibility index (Phi) is 6.62. The molecule has 0 radical (unpaired) electrons. The van der Waals surface area contributed by atoms with Gasteiger partial charge in [-0.25, -0.2) is 4.99 Å². The van der Waals surface area contributed by atoms with Crippen molar-refractivity contribution in [1.29, 1.82) is 0 Å². The molecular formula is C17H25N5O2. The van der Waals surface area contributed by atoms with Crippen molar-refractivity contribution < 1.29 is 9.84 Å². The molecule has 2 aromatic rings. The number of guanidine groups is 1. The van der Waals surface area contributed by atoms with Gasteiger partial charge in [-0.1, -0.05) is 12.1 Å². The van der Waals surface area contributed by atoms with Crippen LogP contribution in [-0.2, 0) is 13.6 Å². The number of aliphatic hydroxyl groups is 1. The Morgan fingerprint density at radius 1 is 1.38 bits per heavy atom. The zero-order valence-corrected chi connectivity index (χ0v) is 14.4.